The highest BCUT2D eigenvalue weighted by molar-refractivity contribution is 8.18. The van der Waals surface area contributed by atoms with Crippen LogP contribution in [0, 0.1) is 5.82 Å². The van der Waals surface area contributed by atoms with Crippen LogP contribution in [0.1, 0.15) is 44.4 Å². The molecule has 2 heterocycles. The third-order valence-electron chi connectivity index (χ3n) is 5.78. The van der Waals surface area contributed by atoms with Gasteiger partial charge in [0.05, 0.1) is 17.0 Å². The van der Waals surface area contributed by atoms with Gasteiger partial charge in [-0.3, -0.25) is 14.5 Å². The van der Waals surface area contributed by atoms with Crippen molar-refractivity contribution in [2.45, 2.75) is 39.8 Å². The summed E-state index contributed by atoms with van der Waals surface area (Å²) >= 11 is 0.896. The lowest BCUT2D eigenvalue weighted by Gasteiger charge is -2.42. The summed E-state index contributed by atoms with van der Waals surface area (Å²) in [5.41, 5.74) is 4.59. The van der Waals surface area contributed by atoms with Crippen molar-refractivity contribution in [2.75, 3.05) is 11.4 Å². The monoisotopic (exact) mass is 436 g/mol. The van der Waals surface area contributed by atoms with Crippen molar-refractivity contribution in [3.05, 3.63) is 76.0 Å². The van der Waals surface area contributed by atoms with Gasteiger partial charge >= 0.3 is 0 Å². The number of halogens is 1. The van der Waals surface area contributed by atoms with E-state index in [1.54, 1.807) is 24.3 Å². The van der Waals surface area contributed by atoms with Gasteiger partial charge in [0.15, 0.2) is 0 Å². The number of nitrogens with zero attached hydrogens (tertiary/aromatic N) is 2. The molecule has 0 atom stereocenters. The number of hydrogen-bond acceptors (Lipinski definition) is 4. The van der Waals surface area contributed by atoms with Crippen LogP contribution < -0.4 is 4.90 Å². The highest BCUT2D eigenvalue weighted by Gasteiger charge is 2.36. The van der Waals surface area contributed by atoms with Crippen molar-refractivity contribution >= 4 is 40.2 Å². The van der Waals surface area contributed by atoms with Crippen LogP contribution in [0.25, 0.3) is 11.6 Å². The van der Waals surface area contributed by atoms with Gasteiger partial charge in [0.2, 0.25) is 0 Å². The molecular formula is C25H25FN2O2S. The summed E-state index contributed by atoms with van der Waals surface area (Å²) in [6.07, 6.45) is 4.00. The number of carbonyl (C=O) groups excluding carboxylic acids is 2. The van der Waals surface area contributed by atoms with E-state index >= 15 is 0 Å². The van der Waals surface area contributed by atoms with E-state index in [0.29, 0.717) is 10.5 Å². The Hall–Kier alpha value is -2.86. The summed E-state index contributed by atoms with van der Waals surface area (Å²) in [6.45, 7) is 9.45. The van der Waals surface area contributed by atoms with Gasteiger partial charge < -0.3 is 4.90 Å². The molecule has 0 spiro atoms. The summed E-state index contributed by atoms with van der Waals surface area (Å²) in [5.74, 6) is -0.814. The molecule has 160 valence electrons. The molecule has 2 aliphatic rings. The molecule has 0 radical (unpaired) electrons. The van der Waals surface area contributed by atoms with Crippen molar-refractivity contribution in [1.82, 2.24) is 4.90 Å². The van der Waals surface area contributed by atoms with Crippen LogP contribution in [-0.2, 0) is 11.3 Å². The van der Waals surface area contributed by atoms with Gasteiger partial charge in [-0.25, -0.2) is 4.39 Å². The first-order valence-electron chi connectivity index (χ1n) is 10.3. The highest BCUT2D eigenvalue weighted by Crippen LogP contribution is 2.40. The summed E-state index contributed by atoms with van der Waals surface area (Å²) in [6, 6.07) is 12.3. The van der Waals surface area contributed by atoms with E-state index in [2.05, 4.69) is 50.8 Å². The molecule has 6 heteroatoms. The maximum Gasteiger partial charge on any atom is 0.293 e. The minimum atomic E-state index is -0.425. The van der Waals surface area contributed by atoms with Crippen molar-refractivity contribution in [3.8, 4) is 0 Å². The predicted molar refractivity (Wildman–Crippen MR) is 125 cm³/mol. The smallest absolute Gasteiger partial charge is 0.293 e. The van der Waals surface area contributed by atoms with Crippen LogP contribution in [0.2, 0.25) is 0 Å². The normalized spacial score (nSPS) is 19.1. The summed E-state index contributed by atoms with van der Waals surface area (Å²) in [5, 5.41) is -0.382. The number of imide groups is 1. The second kappa shape index (κ2) is 8.00. The third-order valence-corrected chi connectivity index (χ3v) is 6.68. The Balaban J connectivity index is 1.63. The van der Waals surface area contributed by atoms with Crippen molar-refractivity contribution in [3.63, 3.8) is 0 Å². The van der Waals surface area contributed by atoms with Crippen LogP contribution >= 0.6 is 11.8 Å². The predicted octanol–water partition coefficient (Wildman–Crippen LogP) is 6.08. The first kappa shape index (κ1) is 21.4. The average molecular weight is 437 g/mol. The van der Waals surface area contributed by atoms with E-state index in [1.165, 1.54) is 11.6 Å². The maximum absolute atomic E-state index is 14.0. The molecule has 0 N–H and O–H groups in total. The fraction of sp³-hybridized carbons (Fsp3) is 0.280. The molecule has 1 saturated heterocycles. The zero-order valence-electron chi connectivity index (χ0n) is 18.1. The first-order valence-corrected chi connectivity index (χ1v) is 11.1. The van der Waals surface area contributed by atoms with E-state index in [4.69, 9.17) is 0 Å². The molecule has 0 saturated carbocycles. The Morgan fingerprint density at radius 2 is 1.87 bits per heavy atom. The van der Waals surface area contributed by atoms with E-state index in [9.17, 15) is 14.0 Å². The van der Waals surface area contributed by atoms with Gasteiger partial charge in [-0.2, -0.15) is 0 Å². The van der Waals surface area contributed by atoms with Crippen molar-refractivity contribution < 1.29 is 14.0 Å². The summed E-state index contributed by atoms with van der Waals surface area (Å²) < 4.78 is 14.0. The second-order valence-electron chi connectivity index (χ2n) is 8.36. The summed E-state index contributed by atoms with van der Waals surface area (Å²) in [4.78, 5) is 29.1. The van der Waals surface area contributed by atoms with E-state index in [0.717, 1.165) is 40.0 Å². The number of carbonyl (C=O) groups is 2. The van der Waals surface area contributed by atoms with E-state index in [-0.39, 0.29) is 23.2 Å². The fourth-order valence-corrected chi connectivity index (χ4v) is 5.19. The SMILES string of the molecule is CCN1c2ccc(/C=C3/SC(=O)N(Cc4ccccc4F)C3=O)cc2C(C)=CC1(C)C. The highest BCUT2D eigenvalue weighted by atomic mass is 32.2. The Morgan fingerprint density at radius 3 is 2.58 bits per heavy atom. The van der Waals surface area contributed by atoms with Crippen molar-refractivity contribution in [2.24, 2.45) is 0 Å². The lowest BCUT2D eigenvalue weighted by atomic mass is 9.88. The average Bonchev–Trinajstić information content (AvgIpc) is 2.97. The first-order chi connectivity index (χ1) is 14.7. The van der Waals surface area contributed by atoms with Gasteiger partial charge in [0.1, 0.15) is 5.82 Å². The molecule has 0 aromatic heterocycles. The molecule has 0 unspecified atom stereocenters. The van der Waals surface area contributed by atoms with Crippen LogP contribution in [0.5, 0.6) is 0 Å². The standard InChI is InChI=1S/C25H25FN2O2S/c1-5-28-21-11-10-17(12-19(21)16(2)14-25(28,3)4)13-22-23(29)27(24(30)31-22)15-18-8-6-7-9-20(18)26/h6-14H,5,15H2,1-4H3/b22-13+. The van der Waals surface area contributed by atoms with Gasteiger partial charge in [-0.15, -0.1) is 0 Å². The molecule has 31 heavy (non-hydrogen) atoms. The second-order valence-corrected chi connectivity index (χ2v) is 9.35. The molecule has 2 amide bonds. The number of anilines is 1. The molecule has 0 aliphatic carbocycles. The van der Waals surface area contributed by atoms with Crippen LogP contribution in [-0.4, -0.2) is 28.1 Å². The lowest BCUT2D eigenvalue weighted by molar-refractivity contribution is -0.123. The topological polar surface area (TPSA) is 40.6 Å². The number of fused-ring (bicyclic) bond motifs is 1. The van der Waals surface area contributed by atoms with E-state index < -0.39 is 5.82 Å². The number of benzene rings is 2. The number of amides is 2. The molecule has 1 fully saturated rings. The van der Waals surface area contributed by atoms with E-state index in [1.807, 2.05) is 6.07 Å². The third kappa shape index (κ3) is 3.92. The van der Waals surface area contributed by atoms with Gasteiger partial charge in [0.25, 0.3) is 11.1 Å². The van der Waals surface area contributed by atoms with Gasteiger partial charge in [-0.1, -0.05) is 30.3 Å². The molecule has 4 nitrogen and oxygen atoms in total. The molecular weight excluding hydrogens is 411 g/mol. The largest absolute Gasteiger partial charge is 0.363 e. The van der Waals surface area contributed by atoms with Crippen LogP contribution in [0.3, 0.4) is 0 Å². The number of allylic oxidation sites excluding steroid dienone is 1. The quantitative estimate of drug-likeness (QED) is 0.544. The Bertz CT molecular complexity index is 1140. The minimum absolute atomic E-state index is 0.0667. The molecule has 4 rings (SSSR count). The van der Waals surface area contributed by atoms with Crippen LogP contribution in [0.4, 0.5) is 14.9 Å². The van der Waals surface area contributed by atoms with Gasteiger partial charge in [0, 0.05) is 23.4 Å². The number of hydrogen-bond donors (Lipinski definition) is 0. The van der Waals surface area contributed by atoms with Gasteiger partial charge in [-0.05, 0) is 74.9 Å². The zero-order valence-corrected chi connectivity index (χ0v) is 18.9. The number of thioether (sulfide) groups is 1. The lowest BCUT2D eigenvalue weighted by Crippen LogP contribution is -2.44. The van der Waals surface area contributed by atoms with Crippen molar-refractivity contribution in [1.29, 1.82) is 0 Å². The Morgan fingerprint density at radius 1 is 1.13 bits per heavy atom. The molecule has 2 aliphatic heterocycles. The summed E-state index contributed by atoms with van der Waals surface area (Å²) in [7, 11) is 0. The Kier molecular flexibility index (Phi) is 5.52. The fourth-order valence-electron chi connectivity index (χ4n) is 4.35. The minimum Gasteiger partial charge on any atom is -0.363 e. The Labute approximate surface area is 186 Å². The number of rotatable bonds is 4. The zero-order chi connectivity index (χ0) is 22.3. The number of likely N-dealkylation sites (N-methyl/N-ethyl adjacent to an activating group) is 1. The maximum atomic E-state index is 14.0. The van der Waals surface area contributed by atoms with Crippen LogP contribution in [0.15, 0.2) is 53.4 Å². The molecule has 2 aromatic carbocycles. The molecule has 0 bridgehead atoms. The molecule has 2 aromatic rings.